The van der Waals surface area contributed by atoms with Crippen molar-refractivity contribution in [2.45, 2.75) is 20.3 Å². The Kier molecular flexibility index (Phi) is 6.02. The summed E-state index contributed by atoms with van der Waals surface area (Å²) in [5, 5.41) is 14.6. The summed E-state index contributed by atoms with van der Waals surface area (Å²) in [6.07, 6.45) is 0.423. The number of amides is 1. The molecule has 5 nitrogen and oxygen atoms in total. The second kappa shape index (κ2) is 7.53. The van der Waals surface area contributed by atoms with E-state index >= 15 is 0 Å². The molecule has 1 unspecified atom stereocenters. The molecular formula is C14H20N2O3. The third-order valence-electron chi connectivity index (χ3n) is 2.72. The third kappa shape index (κ3) is 5.09. The molecule has 0 heterocycles. The summed E-state index contributed by atoms with van der Waals surface area (Å²) in [6, 6.07) is 7.15. The Morgan fingerprint density at radius 2 is 2.05 bits per heavy atom. The van der Waals surface area contributed by atoms with E-state index in [1.165, 1.54) is 0 Å². The SMILES string of the molecule is COCC(C)CC(=O)Nc1ccc(C(C)=NO)cc1. The number of carbonyl (C=O) groups excluding carboxylic acids is 1. The first-order chi connectivity index (χ1) is 9.06. The molecule has 2 N–H and O–H groups in total. The normalized spacial score (nSPS) is 13.1. The second-order valence-electron chi connectivity index (χ2n) is 4.58. The summed E-state index contributed by atoms with van der Waals surface area (Å²) in [7, 11) is 1.62. The lowest BCUT2D eigenvalue weighted by Crippen LogP contribution is -2.17. The number of hydrogen-bond acceptors (Lipinski definition) is 4. The fraction of sp³-hybridized carbons (Fsp3) is 0.429. The van der Waals surface area contributed by atoms with Crippen LogP contribution in [-0.2, 0) is 9.53 Å². The molecule has 0 fully saturated rings. The summed E-state index contributed by atoms with van der Waals surface area (Å²) >= 11 is 0. The van der Waals surface area contributed by atoms with Crippen LogP contribution in [0.3, 0.4) is 0 Å². The lowest BCUT2D eigenvalue weighted by atomic mass is 10.1. The van der Waals surface area contributed by atoms with Crippen LogP contribution in [0.15, 0.2) is 29.4 Å². The molecule has 19 heavy (non-hydrogen) atoms. The summed E-state index contributed by atoms with van der Waals surface area (Å²) in [6.45, 7) is 4.24. The van der Waals surface area contributed by atoms with Crippen LogP contribution in [0, 0.1) is 5.92 Å². The van der Waals surface area contributed by atoms with E-state index in [0.717, 1.165) is 11.3 Å². The number of ether oxygens (including phenoxy) is 1. The van der Waals surface area contributed by atoms with Gasteiger partial charge in [0.15, 0.2) is 0 Å². The van der Waals surface area contributed by atoms with Gasteiger partial charge in [0.1, 0.15) is 0 Å². The summed E-state index contributed by atoms with van der Waals surface area (Å²) < 4.78 is 4.99. The van der Waals surface area contributed by atoms with Gasteiger partial charge in [-0.2, -0.15) is 0 Å². The minimum Gasteiger partial charge on any atom is -0.411 e. The van der Waals surface area contributed by atoms with Crippen molar-refractivity contribution >= 4 is 17.3 Å². The van der Waals surface area contributed by atoms with Gasteiger partial charge in [-0.15, -0.1) is 0 Å². The molecule has 0 aliphatic heterocycles. The second-order valence-corrected chi connectivity index (χ2v) is 4.58. The van der Waals surface area contributed by atoms with Crippen LogP contribution >= 0.6 is 0 Å². The molecule has 0 aliphatic carbocycles. The molecule has 0 aromatic heterocycles. The molecule has 0 spiro atoms. The van der Waals surface area contributed by atoms with Gasteiger partial charge in [0.05, 0.1) is 5.71 Å². The van der Waals surface area contributed by atoms with Crippen molar-refractivity contribution < 1.29 is 14.7 Å². The van der Waals surface area contributed by atoms with Gasteiger partial charge in [-0.25, -0.2) is 0 Å². The first kappa shape index (κ1) is 15.2. The van der Waals surface area contributed by atoms with E-state index in [-0.39, 0.29) is 11.8 Å². The number of carbonyl (C=O) groups is 1. The van der Waals surface area contributed by atoms with Crippen LogP contribution in [0.4, 0.5) is 5.69 Å². The zero-order valence-electron chi connectivity index (χ0n) is 11.5. The van der Waals surface area contributed by atoms with Crippen molar-refractivity contribution in [3.8, 4) is 0 Å². The first-order valence-electron chi connectivity index (χ1n) is 6.14. The number of anilines is 1. The standard InChI is InChI=1S/C14H20N2O3/c1-10(9-19-3)8-14(17)15-13-6-4-12(5-7-13)11(2)16-18/h4-7,10,18H,8-9H2,1-3H3,(H,15,17). The molecule has 1 aromatic rings. The minimum atomic E-state index is -0.0372. The van der Waals surface area contributed by atoms with Crippen LogP contribution in [0.25, 0.3) is 0 Å². The number of rotatable bonds is 6. The Morgan fingerprint density at radius 3 is 2.58 bits per heavy atom. The molecule has 1 rings (SSSR count). The minimum absolute atomic E-state index is 0.0372. The maximum Gasteiger partial charge on any atom is 0.224 e. The van der Waals surface area contributed by atoms with Gasteiger partial charge in [0, 0.05) is 25.8 Å². The largest absolute Gasteiger partial charge is 0.411 e. The summed E-state index contributed by atoms with van der Waals surface area (Å²) in [4.78, 5) is 11.7. The molecule has 0 bridgehead atoms. The molecule has 1 amide bonds. The van der Waals surface area contributed by atoms with Crippen LogP contribution in [0.2, 0.25) is 0 Å². The van der Waals surface area contributed by atoms with Gasteiger partial charge in [0.25, 0.3) is 0 Å². The summed E-state index contributed by atoms with van der Waals surface area (Å²) in [5.41, 5.74) is 2.07. The van der Waals surface area contributed by atoms with Crippen LogP contribution in [0.5, 0.6) is 0 Å². The number of benzene rings is 1. The van der Waals surface area contributed by atoms with Gasteiger partial charge < -0.3 is 15.3 Å². The molecule has 104 valence electrons. The van der Waals surface area contributed by atoms with Crippen molar-refractivity contribution in [2.24, 2.45) is 11.1 Å². The van der Waals surface area contributed by atoms with E-state index in [1.54, 1.807) is 38.3 Å². The fourth-order valence-electron chi connectivity index (χ4n) is 1.72. The zero-order chi connectivity index (χ0) is 14.3. The first-order valence-corrected chi connectivity index (χ1v) is 6.14. The Labute approximate surface area is 113 Å². The molecule has 0 saturated carbocycles. The van der Waals surface area contributed by atoms with Crippen molar-refractivity contribution in [1.82, 2.24) is 0 Å². The highest BCUT2D eigenvalue weighted by Gasteiger charge is 2.09. The van der Waals surface area contributed by atoms with E-state index in [2.05, 4.69) is 10.5 Å². The van der Waals surface area contributed by atoms with Gasteiger partial charge >= 0.3 is 0 Å². The smallest absolute Gasteiger partial charge is 0.224 e. The fourth-order valence-corrected chi connectivity index (χ4v) is 1.72. The van der Waals surface area contributed by atoms with Gasteiger partial charge in [-0.1, -0.05) is 24.2 Å². The summed E-state index contributed by atoms with van der Waals surface area (Å²) in [5.74, 6) is 0.151. The van der Waals surface area contributed by atoms with Crippen molar-refractivity contribution in [1.29, 1.82) is 0 Å². The maximum absolute atomic E-state index is 11.7. The average molecular weight is 264 g/mol. The Hall–Kier alpha value is -1.88. The maximum atomic E-state index is 11.7. The van der Waals surface area contributed by atoms with Crippen LogP contribution < -0.4 is 5.32 Å². The zero-order valence-corrected chi connectivity index (χ0v) is 11.5. The molecule has 0 saturated heterocycles. The Bertz CT molecular complexity index is 441. The van der Waals surface area contributed by atoms with E-state index in [4.69, 9.17) is 9.94 Å². The van der Waals surface area contributed by atoms with Crippen LogP contribution in [-0.4, -0.2) is 30.5 Å². The highest BCUT2D eigenvalue weighted by Crippen LogP contribution is 2.12. The van der Waals surface area contributed by atoms with E-state index in [1.807, 2.05) is 6.92 Å². The van der Waals surface area contributed by atoms with Crippen molar-refractivity contribution in [3.05, 3.63) is 29.8 Å². The molecule has 0 radical (unpaired) electrons. The quantitative estimate of drug-likeness (QED) is 0.471. The third-order valence-corrected chi connectivity index (χ3v) is 2.72. The molecule has 0 aliphatic rings. The van der Waals surface area contributed by atoms with Crippen molar-refractivity contribution in [3.63, 3.8) is 0 Å². The lowest BCUT2D eigenvalue weighted by Gasteiger charge is -2.10. The highest BCUT2D eigenvalue weighted by molar-refractivity contribution is 5.99. The van der Waals surface area contributed by atoms with E-state index in [9.17, 15) is 4.79 Å². The number of oxime groups is 1. The molecular weight excluding hydrogens is 244 g/mol. The highest BCUT2D eigenvalue weighted by atomic mass is 16.5. The lowest BCUT2D eigenvalue weighted by molar-refractivity contribution is -0.117. The molecule has 1 atom stereocenters. The van der Waals surface area contributed by atoms with E-state index in [0.29, 0.717) is 18.7 Å². The van der Waals surface area contributed by atoms with Crippen LogP contribution in [0.1, 0.15) is 25.8 Å². The monoisotopic (exact) mass is 264 g/mol. The Balaban J connectivity index is 2.56. The number of nitrogens with one attached hydrogen (secondary N) is 1. The van der Waals surface area contributed by atoms with Crippen molar-refractivity contribution in [2.75, 3.05) is 19.0 Å². The predicted molar refractivity (Wildman–Crippen MR) is 74.7 cm³/mol. The Morgan fingerprint density at radius 1 is 1.42 bits per heavy atom. The topological polar surface area (TPSA) is 70.9 Å². The van der Waals surface area contributed by atoms with Gasteiger partial charge in [-0.05, 0) is 30.5 Å². The molecule has 1 aromatic carbocycles. The number of nitrogens with zero attached hydrogens (tertiary/aromatic N) is 1. The molecule has 5 heteroatoms. The number of hydrogen-bond donors (Lipinski definition) is 2. The van der Waals surface area contributed by atoms with E-state index < -0.39 is 0 Å². The van der Waals surface area contributed by atoms with Gasteiger partial charge in [-0.3, -0.25) is 4.79 Å². The number of methoxy groups -OCH3 is 1. The average Bonchev–Trinajstić information content (AvgIpc) is 2.38. The predicted octanol–water partition coefficient (Wildman–Crippen LogP) is 2.50. The van der Waals surface area contributed by atoms with Gasteiger partial charge in [0.2, 0.25) is 5.91 Å².